The molecule has 0 bridgehead atoms. The van der Waals surface area contributed by atoms with Gasteiger partial charge in [-0.3, -0.25) is 4.79 Å². The molecule has 24 heavy (non-hydrogen) atoms. The Kier molecular flexibility index (Phi) is 4.14. The molecule has 0 saturated heterocycles. The van der Waals surface area contributed by atoms with Gasteiger partial charge >= 0.3 is 0 Å². The molecule has 4 nitrogen and oxygen atoms in total. The van der Waals surface area contributed by atoms with Crippen molar-refractivity contribution in [2.75, 3.05) is 0 Å². The number of allylic oxidation sites excluding steroid dienone is 1. The molecule has 0 radical (unpaired) electrons. The van der Waals surface area contributed by atoms with E-state index in [0.29, 0.717) is 11.3 Å². The number of nitrogens with zero attached hydrogens (tertiary/aromatic N) is 2. The van der Waals surface area contributed by atoms with Crippen LogP contribution in [0.25, 0.3) is 5.70 Å². The molecule has 1 aliphatic heterocycles. The molecule has 4 heteroatoms. The molecule has 3 rings (SSSR count). The Labute approximate surface area is 140 Å². The molecule has 0 saturated carbocycles. The number of carbonyl (C=O) groups is 1. The Balaban J connectivity index is 2.21. The first-order chi connectivity index (χ1) is 11.7. The number of nitriles is 2. The minimum atomic E-state index is -0.920. The lowest BCUT2D eigenvalue weighted by Crippen LogP contribution is -2.38. The van der Waals surface area contributed by atoms with Crippen molar-refractivity contribution in [1.29, 1.82) is 10.5 Å². The number of rotatable bonds is 2. The van der Waals surface area contributed by atoms with Gasteiger partial charge in [0.15, 0.2) is 0 Å². The van der Waals surface area contributed by atoms with Crippen LogP contribution in [0.15, 0.2) is 60.2 Å². The highest BCUT2D eigenvalue weighted by Crippen LogP contribution is 2.38. The maximum Gasteiger partial charge on any atom is 0.242 e. The molecule has 0 fully saturated rings. The normalized spacial score (nSPS) is 20.0. The molecule has 1 aliphatic rings. The van der Waals surface area contributed by atoms with Crippen LogP contribution in [-0.2, 0) is 4.79 Å². The van der Waals surface area contributed by atoms with Crippen LogP contribution in [0.2, 0.25) is 0 Å². The van der Waals surface area contributed by atoms with Gasteiger partial charge in [0.1, 0.15) is 5.92 Å². The van der Waals surface area contributed by atoms with E-state index in [2.05, 4.69) is 17.5 Å². The Morgan fingerprint density at radius 3 is 2.25 bits per heavy atom. The summed E-state index contributed by atoms with van der Waals surface area (Å²) >= 11 is 0. The fraction of sp³-hybridized carbons (Fsp3) is 0.150. The number of hydrogen-bond acceptors (Lipinski definition) is 3. The summed E-state index contributed by atoms with van der Waals surface area (Å²) in [5, 5.41) is 21.9. The van der Waals surface area contributed by atoms with Crippen LogP contribution >= 0.6 is 0 Å². The summed E-state index contributed by atoms with van der Waals surface area (Å²) in [5.74, 6) is -1.86. The summed E-state index contributed by atoms with van der Waals surface area (Å²) in [6, 6.07) is 21.1. The molecule has 0 spiro atoms. The van der Waals surface area contributed by atoms with E-state index >= 15 is 0 Å². The molecule has 2 atom stereocenters. The van der Waals surface area contributed by atoms with Crippen molar-refractivity contribution in [2.24, 2.45) is 5.92 Å². The standard InChI is InChI=1S/C20H15N3O/c1-13-7-9-15(10-8-13)19-16(11-21)18(14-5-3-2-4-6-14)17(12-22)20(24)23-19/h2-10,17-18H,1H3,(H,23,24). The lowest BCUT2D eigenvalue weighted by molar-refractivity contribution is -0.122. The van der Waals surface area contributed by atoms with Gasteiger partial charge in [-0.2, -0.15) is 10.5 Å². The third-order valence-corrected chi connectivity index (χ3v) is 4.20. The van der Waals surface area contributed by atoms with Crippen molar-refractivity contribution in [3.8, 4) is 12.1 Å². The second kappa shape index (κ2) is 6.40. The van der Waals surface area contributed by atoms with Gasteiger partial charge in [-0.25, -0.2) is 0 Å². The van der Waals surface area contributed by atoms with Crippen LogP contribution in [0.4, 0.5) is 0 Å². The first-order valence-corrected chi connectivity index (χ1v) is 7.62. The SMILES string of the molecule is Cc1ccc(C2=C(C#N)C(c3ccccc3)C(C#N)C(=O)N2)cc1. The predicted octanol–water partition coefficient (Wildman–Crippen LogP) is 3.28. The summed E-state index contributed by atoms with van der Waals surface area (Å²) in [6.45, 7) is 1.97. The van der Waals surface area contributed by atoms with E-state index in [0.717, 1.165) is 16.7 Å². The first-order valence-electron chi connectivity index (χ1n) is 7.62. The molecule has 0 aromatic heterocycles. The van der Waals surface area contributed by atoms with Crippen molar-refractivity contribution >= 4 is 11.6 Å². The second-order valence-electron chi connectivity index (χ2n) is 5.75. The summed E-state index contributed by atoms with van der Waals surface area (Å²) in [6.07, 6.45) is 0. The minimum absolute atomic E-state index is 0.374. The van der Waals surface area contributed by atoms with E-state index in [1.165, 1.54) is 0 Å². The molecule has 2 aromatic rings. The van der Waals surface area contributed by atoms with Crippen molar-refractivity contribution < 1.29 is 4.79 Å². The van der Waals surface area contributed by atoms with Gasteiger partial charge in [0.05, 0.1) is 23.4 Å². The smallest absolute Gasteiger partial charge is 0.242 e. The molecule has 116 valence electrons. The second-order valence-corrected chi connectivity index (χ2v) is 5.75. The van der Waals surface area contributed by atoms with Gasteiger partial charge < -0.3 is 5.32 Å². The molecule has 1 heterocycles. The highest BCUT2D eigenvalue weighted by molar-refractivity contribution is 5.96. The summed E-state index contributed by atoms with van der Waals surface area (Å²) in [5.41, 5.74) is 3.55. The number of benzene rings is 2. The molecule has 0 aliphatic carbocycles. The average Bonchev–Trinajstić information content (AvgIpc) is 2.62. The van der Waals surface area contributed by atoms with Gasteiger partial charge in [-0.1, -0.05) is 60.2 Å². The highest BCUT2D eigenvalue weighted by atomic mass is 16.2. The molecular weight excluding hydrogens is 298 g/mol. The van der Waals surface area contributed by atoms with Gasteiger partial charge in [0, 0.05) is 5.92 Å². The van der Waals surface area contributed by atoms with Crippen LogP contribution in [0.5, 0.6) is 0 Å². The van der Waals surface area contributed by atoms with Crippen molar-refractivity contribution in [3.05, 3.63) is 76.9 Å². The van der Waals surface area contributed by atoms with Crippen LogP contribution in [-0.4, -0.2) is 5.91 Å². The van der Waals surface area contributed by atoms with Gasteiger partial charge in [-0.05, 0) is 18.1 Å². The van der Waals surface area contributed by atoms with Crippen LogP contribution in [0, 0.1) is 35.5 Å². The summed E-state index contributed by atoms with van der Waals surface area (Å²) in [7, 11) is 0. The van der Waals surface area contributed by atoms with E-state index < -0.39 is 11.8 Å². The number of hydrogen-bond donors (Lipinski definition) is 1. The molecule has 2 unspecified atom stereocenters. The highest BCUT2D eigenvalue weighted by Gasteiger charge is 2.39. The van der Waals surface area contributed by atoms with Crippen molar-refractivity contribution in [2.45, 2.75) is 12.8 Å². The number of carbonyl (C=O) groups excluding carboxylic acids is 1. The van der Waals surface area contributed by atoms with Gasteiger partial charge in [-0.15, -0.1) is 0 Å². The number of nitrogens with one attached hydrogen (secondary N) is 1. The zero-order valence-electron chi connectivity index (χ0n) is 13.2. The van der Waals surface area contributed by atoms with E-state index in [-0.39, 0.29) is 5.91 Å². The molecular formula is C20H15N3O. The maximum absolute atomic E-state index is 12.4. The fourth-order valence-corrected chi connectivity index (χ4v) is 2.97. The Bertz CT molecular complexity index is 883. The largest absolute Gasteiger partial charge is 0.323 e. The lowest BCUT2D eigenvalue weighted by atomic mass is 9.77. The van der Waals surface area contributed by atoms with Crippen LogP contribution in [0.3, 0.4) is 0 Å². The Morgan fingerprint density at radius 2 is 1.67 bits per heavy atom. The zero-order chi connectivity index (χ0) is 17.1. The summed E-state index contributed by atoms with van der Waals surface area (Å²) < 4.78 is 0. The number of aryl methyl sites for hydroxylation is 1. The van der Waals surface area contributed by atoms with Crippen molar-refractivity contribution in [3.63, 3.8) is 0 Å². The molecule has 2 aromatic carbocycles. The maximum atomic E-state index is 12.4. The quantitative estimate of drug-likeness (QED) is 0.924. The topological polar surface area (TPSA) is 76.7 Å². The third kappa shape index (κ3) is 2.66. The molecule has 1 amide bonds. The van der Waals surface area contributed by atoms with E-state index in [1.54, 1.807) is 0 Å². The average molecular weight is 313 g/mol. The Hall–Kier alpha value is -3.37. The number of amides is 1. The minimum Gasteiger partial charge on any atom is -0.323 e. The fourth-order valence-electron chi connectivity index (χ4n) is 2.97. The van der Waals surface area contributed by atoms with Gasteiger partial charge in [0.2, 0.25) is 5.91 Å². The van der Waals surface area contributed by atoms with Crippen LogP contribution in [0.1, 0.15) is 22.6 Å². The van der Waals surface area contributed by atoms with E-state index in [4.69, 9.17) is 0 Å². The van der Waals surface area contributed by atoms with E-state index in [1.807, 2.05) is 61.5 Å². The molecule has 1 N–H and O–H groups in total. The Morgan fingerprint density at radius 1 is 1.00 bits per heavy atom. The third-order valence-electron chi connectivity index (χ3n) is 4.20. The summed E-state index contributed by atoms with van der Waals surface area (Å²) in [4.78, 5) is 12.4. The van der Waals surface area contributed by atoms with E-state index in [9.17, 15) is 15.3 Å². The van der Waals surface area contributed by atoms with Crippen LogP contribution < -0.4 is 5.32 Å². The monoisotopic (exact) mass is 313 g/mol. The lowest BCUT2D eigenvalue weighted by Gasteiger charge is -2.29. The van der Waals surface area contributed by atoms with Crippen molar-refractivity contribution in [1.82, 2.24) is 5.32 Å². The zero-order valence-corrected chi connectivity index (χ0v) is 13.2. The first kappa shape index (κ1) is 15.5. The van der Waals surface area contributed by atoms with Gasteiger partial charge in [0.25, 0.3) is 0 Å². The predicted molar refractivity (Wildman–Crippen MR) is 90.1 cm³/mol.